The van der Waals surface area contributed by atoms with Crippen LogP contribution < -0.4 is 0 Å². The van der Waals surface area contributed by atoms with Crippen LogP contribution in [-0.4, -0.2) is 133 Å². The number of phosphoric ester groups is 6. The second kappa shape index (κ2) is 13.5. The third-order valence-corrected chi connectivity index (χ3v) is 6.61. The maximum absolute atomic E-state index is 11.4. The van der Waals surface area contributed by atoms with E-state index >= 15 is 0 Å². The van der Waals surface area contributed by atoms with Crippen LogP contribution in [0, 0.1) is 0 Å². The molecule has 37 heavy (non-hydrogen) atoms. The van der Waals surface area contributed by atoms with Crippen molar-refractivity contribution in [2.24, 2.45) is 0 Å². The minimum absolute atomic E-state index is 0. The summed E-state index contributed by atoms with van der Waals surface area (Å²) in [5.74, 6) is 0. The van der Waals surface area contributed by atoms with Crippen molar-refractivity contribution in [1.82, 2.24) is 0 Å². The maximum Gasteiger partial charge on any atom is 2.00 e. The van der Waals surface area contributed by atoms with Gasteiger partial charge >= 0.3 is 84.7 Å². The summed E-state index contributed by atoms with van der Waals surface area (Å²) < 4.78 is 93.1. The molecule has 0 aromatic carbocycles. The molecule has 12 N–H and O–H groups in total. The van der Waals surface area contributed by atoms with Crippen molar-refractivity contribution in [2.75, 3.05) is 0 Å². The van der Waals surface area contributed by atoms with Crippen LogP contribution in [0.25, 0.3) is 0 Å². The molecule has 0 amide bonds. The number of hydrogen-bond donors (Lipinski definition) is 12. The van der Waals surface area contributed by atoms with Gasteiger partial charge in [0.1, 0.15) is 36.6 Å². The Balaban J connectivity index is -0.00000432. The van der Waals surface area contributed by atoms with Crippen molar-refractivity contribution in [1.29, 1.82) is 0 Å². The first-order valence-corrected chi connectivity index (χ1v) is 17.2. The maximum atomic E-state index is 11.4. The molecule has 1 fully saturated rings. The van der Waals surface area contributed by atoms with Crippen LogP contribution in [0.15, 0.2) is 0 Å². The largest absolute Gasteiger partial charge is 2.00 e. The van der Waals surface area contributed by atoms with Crippen LogP contribution in [0.5, 0.6) is 0 Å². The smallest absolute Gasteiger partial charge is 1.00 e. The normalized spacial score (nSPS) is 28.5. The molecule has 31 heteroatoms. The van der Waals surface area contributed by atoms with E-state index in [0.717, 1.165) is 0 Å². The molecule has 0 aromatic heterocycles. The van der Waals surface area contributed by atoms with Crippen molar-refractivity contribution in [3.05, 3.63) is 0 Å². The van der Waals surface area contributed by atoms with Gasteiger partial charge in [-0.15, -0.1) is 0 Å². The Hall–Kier alpha value is 1.92. The minimum atomic E-state index is -6.02. The second-order valence-electron chi connectivity index (χ2n) is 6.36. The van der Waals surface area contributed by atoms with Crippen molar-refractivity contribution in [3.63, 3.8) is 0 Å². The summed E-state index contributed by atoms with van der Waals surface area (Å²) in [5, 5.41) is 0. The molecule has 0 aliphatic heterocycles. The van der Waals surface area contributed by atoms with Crippen molar-refractivity contribution in [2.45, 2.75) is 36.6 Å². The van der Waals surface area contributed by atoms with E-state index in [9.17, 15) is 27.4 Å². The third kappa shape index (κ3) is 15.6. The van der Waals surface area contributed by atoms with Gasteiger partial charge in [-0.3, -0.25) is 27.1 Å². The minimum Gasteiger partial charge on any atom is -1.00 e. The monoisotopic (exact) mass is 702 g/mol. The van der Waals surface area contributed by atoms with E-state index in [1.807, 2.05) is 0 Å². The molecule has 0 spiro atoms. The fraction of sp³-hybridized carbons (Fsp3) is 1.00. The number of hydrogen-bond acceptors (Lipinski definition) is 12. The van der Waals surface area contributed by atoms with Gasteiger partial charge in [-0.05, 0) is 0 Å². The molecule has 1 rings (SSSR count). The summed E-state index contributed by atoms with van der Waals surface area (Å²) in [6, 6.07) is 0. The predicted molar refractivity (Wildman–Crippen MR) is 109 cm³/mol. The van der Waals surface area contributed by atoms with Crippen molar-refractivity contribution >= 4 is 84.7 Å². The SMILES string of the molecule is O=P(O)(O)OC1C(OP(=O)(O)O)C(OP(=O)(O)O)C(OP(=O)(O)O)C(OP(=O)(O)O)C1OP(=O)(O)O.[Ca+2].[H-].[H-]. The molecule has 0 heterocycles. The van der Waals surface area contributed by atoms with Crippen LogP contribution in [0.1, 0.15) is 2.85 Å². The fourth-order valence-corrected chi connectivity index (χ4v) is 6.14. The zero-order valence-corrected chi connectivity index (χ0v) is 24.7. The topological polar surface area (TPSA) is 401 Å². The van der Waals surface area contributed by atoms with Crippen LogP contribution in [0.3, 0.4) is 0 Å². The van der Waals surface area contributed by atoms with E-state index in [1.54, 1.807) is 0 Å². The van der Waals surface area contributed by atoms with Crippen LogP contribution in [0.4, 0.5) is 0 Å². The number of phosphoric acid groups is 6. The van der Waals surface area contributed by atoms with Gasteiger partial charge in [0.25, 0.3) is 0 Å². The van der Waals surface area contributed by atoms with Gasteiger partial charge in [0.2, 0.25) is 0 Å². The first-order chi connectivity index (χ1) is 15.6. The van der Waals surface area contributed by atoms with Gasteiger partial charge in [0.15, 0.2) is 0 Å². The molecule has 1 aliphatic carbocycles. The molecule has 1 saturated carbocycles. The average molecular weight is 702 g/mol. The molecule has 0 bridgehead atoms. The Morgan fingerprint density at radius 3 is 0.459 bits per heavy atom. The molecule has 24 nitrogen and oxygen atoms in total. The molecular formula is C6H20CaO24P6. The van der Waals surface area contributed by atoms with Crippen LogP contribution in [-0.2, 0) is 54.5 Å². The molecule has 220 valence electrons. The summed E-state index contributed by atoms with van der Waals surface area (Å²) in [5.41, 5.74) is 0. The van der Waals surface area contributed by atoms with Gasteiger partial charge in [-0.2, -0.15) is 0 Å². The Morgan fingerprint density at radius 1 is 0.324 bits per heavy atom. The van der Waals surface area contributed by atoms with E-state index in [1.165, 1.54) is 0 Å². The molecule has 0 unspecified atom stereocenters. The molecule has 1 aliphatic rings. The first kappa shape index (κ1) is 38.9. The van der Waals surface area contributed by atoms with Crippen LogP contribution in [0.2, 0.25) is 0 Å². The summed E-state index contributed by atoms with van der Waals surface area (Å²) >= 11 is 0. The van der Waals surface area contributed by atoms with Crippen LogP contribution >= 0.6 is 46.9 Å². The summed E-state index contributed by atoms with van der Waals surface area (Å²) in [7, 11) is -36.1. The summed E-state index contributed by atoms with van der Waals surface area (Å²) in [4.78, 5) is 110. The molecular weight excluding hydrogens is 682 g/mol. The Morgan fingerprint density at radius 2 is 0.405 bits per heavy atom. The summed E-state index contributed by atoms with van der Waals surface area (Å²) in [6.07, 6.45) is -18.9. The predicted octanol–water partition coefficient (Wildman–Crippen LogP) is -3.29. The van der Waals surface area contributed by atoms with Crippen molar-refractivity contribution in [3.8, 4) is 0 Å². The molecule has 0 aromatic rings. The quantitative estimate of drug-likeness (QED) is 0.0700. The van der Waals surface area contributed by atoms with E-state index in [-0.39, 0.29) is 40.6 Å². The van der Waals surface area contributed by atoms with Gasteiger partial charge in [-0.25, -0.2) is 27.4 Å². The van der Waals surface area contributed by atoms with Crippen molar-refractivity contribution < 1.29 is 116 Å². The van der Waals surface area contributed by atoms with E-state index < -0.39 is 83.6 Å². The Kier molecular flexibility index (Phi) is 14.2. The third-order valence-electron chi connectivity index (χ3n) is 3.50. The van der Waals surface area contributed by atoms with Gasteiger partial charge in [-0.1, -0.05) is 0 Å². The first-order valence-electron chi connectivity index (χ1n) is 8.01. The zero-order valence-electron chi connectivity index (χ0n) is 19.1. The van der Waals surface area contributed by atoms with Gasteiger partial charge < -0.3 is 61.6 Å². The standard InChI is InChI=1S/C6H18O24P6.Ca.2H/c7-31(8,9)25-1-2(26-32(10,11)12)4(28-34(16,17)18)6(30-36(22,23)24)5(29-35(19,20)21)3(1)27-33(13,14)15;;;/h1-6H,(H2,7,8,9)(H2,10,11,12)(H2,13,14,15)(H2,16,17,18)(H2,19,20,21)(H2,22,23,24);;;/q;+2;2*-1. The van der Waals surface area contributed by atoms with Gasteiger partial charge in [0, 0.05) is 0 Å². The van der Waals surface area contributed by atoms with E-state index in [2.05, 4.69) is 27.1 Å². The summed E-state index contributed by atoms with van der Waals surface area (Å²) in [6.45, 7) is 0. The Bertz CT molecular complexity index is 836. The van der Waals surface area contributed by atoms with Gasteiger partial charge in [0.05, 0.1) is 0 Å². The fourth-order valence-electron chi connectivity index (χ4n) is 2.79. The molecule has 0 saturated heterocycles. The van der Waals surface area contributed by atoms with E-state index in [0.29, 0.717) is 0 Å². The molecule has 0 atom stereocenters. The Labute approximate surface area is 236 Å². The second-order valence-corrected chi connectivity index (χ2v) is 13.5. The number of rotatable bonds is 12. The van der Waals surface area contributed by atoms with E-state index in [4.69, 9.17) is 58.7 Å². The zero-order chi connectivity index (χ0) is 28.7. The molecule has 0 radical (unpaired) electrons. The average Bonchev–Trinajstić information content (AvgIpc) is 2.51.